The van der Waals surface area contributed by atoms with Gasteiger partial charge in [-0.25, -0.2) is 21.9 Å². The van der Waals surface area contributed by atoms with E-state index in [-0.39, 0.29) is 40.6 Å². The molecule has 0 spiro atoms. The number of ether oxygens (including phenoxy) is 2. The van der Waals surface area contributed by atoms with E-state index in [2.05, 4.69) is 0 Å². The maximum Gasteiger partial charge on any atom is 0.273 e. The van der Waals surface area contributed by atoms with Crippen LogP contribution in [0.15, 0.2) is 23.1 Å². The van der Waals surface area contributed by atoms with Crippen LogP contribution in [-0.4, -0.2) is 47.3 Å². The predicted molar refractivity (Wildman–Crippen MR) is 92.3 cm³/mol. The Morgan fingerprint density at radius 2 is 2.16 bits per heavy atom. The lowest BCUT2D eigenvalue weighted by Crippen LogP contribution is -2.41. The number of rotatable bonds is 8. The summed E-state index contributed by atoms with van der Waals surface area (Å²) in [5.74, 6) is -3.13. The van der Waals surface area contributed by atoms with Crippen LogP contribution in [0.4, 0.5) is 8.78 Å². The van der Waals surface area contributed by atoms with Crippen LogP contribution in [0, 0.1) is 5.92 Å². The number of alkyl halides is 2. The zero-order chi connectivity index (χ0) is 17.8. The SMILES string of the molecule is Cl.NCC(F)(F)CNS(=O)(=O)c1cc(Cl)ccc1OCC1CCOC1. The van der Waals surface area contributed by atoms with Crippen molar-refractivity contribution < 1.29 is 26.7 Å². The van der Waals surface area contributed by atoms with Crippen molar-refractivity contribution in [1.82, 2.24) is 4.72 Å². The van der Waals surface area contributed by atoms with E-state index in [9.17, 15) is 17.2 Å². The van der Waals surface area contributed by atoms with Gasteiger partial charge in [0.05, 0.1) is 26.3 Å². The average Bonchev–Trinajstić information content (AvgIpc) is 3.05. The molecule has 1 aliphatic heterocycles. The highest BCUT2D eigenvalue weighted by atomic mass is 35.5. The van der Waals surface area contributed by atoms with Gasteiger partial charge in [0.1, 0.15) is 10.6 Å². The first-order valence-corrected chi connectivity index (χ1v) is 9.17. The van der Waals surface area contributed by atoms with Gasteiger partial charge in [0.25, 0.3) is 5.92 Å². The van der Waals surface area contributed by atoms with Crippen molar-refractivity contribution >= 4 is 34.0 Å². The van der Waals surface area contributed by atoms with E-state index in [0.29, 0.717) is 13.2 Å². The molecule has 0 aliphatic carbocycles. The minimum Gasteiger partial charge on any atom is -0.492 e. The molecule has 1 heterocycles. The molecule has 1 saturated heterocycles. The molecule has 144 valence electrons. The average molecular weight is 421 g/mol. The fraction of sp³-hybridized carbons (Fsp3) is 0.571. The first kappa shape index (κ1) is 22.3. The summed E-state index contributed by atoms with van der Waals surface area (Å²) in [6.07, 6.45) is 0.816. The van der Waals surface area contributed by atoms with Gasteiger partial charge >= 0.3 is 0 Å². The molecule has 11 heteroatoms. The number of sulfonamides is 1. The minimum atomic E-state index is -4.23. The number of hydrogen-bond donors (Lipinski definition) is 2. The molecule has 0 bridgehead atoms. The van der Waals surface area contributed by atoms with Crippen LogP contribution in [0.1, 0.15) is 6.42 Å². The Hall–Kier alpha value is -0.710. The van der Waals surface area contributed by atoms with Gasteiger partial charge in [-0.15, -0.1) is 12.4 Å². The molecule has 1 unspecified atom stereocenters. The first-order valence-electron chi connectivity index (χ1n) is 7.31. The van der Waals surface area contributed by atoms with Crippen LogP contribution >= 0.6 is 24.0 Å². The summed E-state index contributed by atoms with van der Waals surface area (Å²) in [5, 5.41) is 0.150. The molecule has 1 aromatic rings. The molecule has 0 amide bonds. The fourth-order valence-electron chi connectivity index (χ4n) is 2.08. The lowest BCUT2D eigenvalue weighted by atomic mass is 10.1. The summed E-state index contributed by atoms with van der Waals surface area (Å²) in [7, 11) is -4.23. The number of nitrogens with one attached hydrogen (secondary N) is 1. The maximum absolute atomic E-state index is 13.2. The fourth-order valence-corrected chi connectivity index (χ4v) is 3.55. The summed E-state index contributed by atoms with van der Waals surface area (Å²) in [4.78, 5) is -0.290. The molecule has 1 atom stereocenters. The monoisotopic (exact) mass is 420 g/mol. The van der Waals surface area contributed by atoms with Gasteiger partial charge in [-0.05, 0) is 24.6 Å². The molecule has 6 nitrogen and oxygen atoms in total. The van der Waals surface area contributed by atoms with E-state index in [1.54, 1.807) is 0 Å². The maximum atomic E-state index is 13.2. The molecular weight excluding hydrogens is 401 g/mol. The van der Waals surface area contributed by atoms with Crippen LogP contribution in [0.2, 0.25) is 5.02 Å². The van der Waals surface area contributed by atoms with E-state index >= 15 is 0 Å². The summed E-state index contributed by atoms with van der Waals surface area (Å²) < 4.78 is 63.7. The van der Waals surface area contributed by atoms with Gasteiger partial charge in [-0.2, -0.15) is 0 Å². The predicted octanol–water partition coefficient (Wildman–Crippen LogP) is 2.05. The standard InChI is InChI=1S/C14H19ClF2N2O4S.ClH/c15-11-1-2-12(23-7-10-3-4-22-6-10)13(5-11)24(20,21)19-9-14(16,17)8-18;/h1-2,5,10,19H,3-4,6-9,18H2;1H. The Balaban J connectivity index is 0.00000312. The summed E-state index contributed by atoms with van der Waals surface area (Å²) >= 11 is 5.83. The smallest absolute Gasteiger partial charge is 0.273 e. The minimum absolute atomic E-state index is 0. The van der Waals surface area contributed by atoms with Gasteiger partial charge < -0.3 is 15.2 Å². The molecule has 25 heavy (non-hydrogen) atoms. The molecular formula is C14H20Cl2F2N2O4S. The molecule has 1 aliphatic rings. The van der Waals surface area contributed by atoms with E-state index < -0.39 is 29.0 Å². The third-order valence-corrected chi connectivity index (χ3v) is 5.17. The highest BCUT2D eigenvalue weighted by Gasteiger charge is 2.31. The van der Waals surface area contributed by atoms with Crippen molar-refractivity contribution in [2.24, 2.45) is 11.7 Å². The lowest BCUT2D eigenvalue weighted by Gasteiger charge is -2.17. The topological polar surface area (TPSA) is 90.7 Å². The second-order valence-corrected chi connectivity index (χ2v) is 7.69. The van der Waals surface area contributed by atoms with E-state index in [1.807, 2.05) is 4.72 Å². The highest BCUT2D eigenvalue weighted by molar-refractivity contribution is 7.89. The van der Waals surface area contributed by atoms with Crippen molar-refractivity contribution in [2.75, 3.05) is 32.9 Å². The van der Waals surface area contributed by atoms with Crippen molar-refractivity contribution in [3.8, 4) is 5.75 Å². The molecule has 2 rings (SSSR count). The van der Waals surface area contributed by atoms with Gasteiger partial charge in [-0.1, -0.05) is 11.6 Å². The molecule has 3 N–H and O–H groups in total. The number of nitrogens with two attached hydrogens (primary N) is 1. The number of benzene rings is 1. The Bertz CT molecular complexity index is 671. The largest absolute Gasteiger partial charge is 0.492 e. The third-order valence-electron chi connectivity index (χ3n) is 3.51. The normalized spacial score (nSPS) is 18.0. The summed E-state index contributed by atoms with van der Waals surface area (Å²) in [6.45, 7) is -0.625. The quantitative estimate of drug-likeness (QED) is 0.671. The Labute approximate surface area is 156 Å². The first-order chi connectivity index (χ1) is 11.2. The summed E-state index contributed by atoms with van der Waals surface area (Å²) in [5.41, 5.74) is 4.90. The van der Waals surface area contributed by atoms with Crippen LogP contribution in [-0.2, 0) is 14.8 Å². The van der Waals surface area contributed by atoms with Gasteiger partial charge in [-0.3, -0.25) is 0 Å². The van der Waals surface area contributed by atoms with E-state index in [1.165, 1.54) is 12.1 Å². The summed E-state index contributed by atoms with van der Waals surface area (Å²) in [6, 6.07) is 4.02. The highest BCUT2D eigenvalue weighted by Crippen LogP contribution is 2.28. The van der Waals surface area contributed by atoms with Gasteiger partial charge in [0, 0.05) is 17.5 Å². The molecule has 0 saturated carbocycles. The van der Waals surface area contributed by atoms with Crippen molar-refractivity contribution in [1.29, 1.82) is 0 Å². The van der Waals surface area contributed by atoms with Crippen LogP contribution in [0.3, 0.4) is 0 Å². The van der Waals surface area contributed by atoms with Gasteiger partial charge in [0.2, 0.25) is 10.0 Å². The van der Waals surface area contributed by atoms with Crippen molar-refractivity contribution in [3.05, 3.63) is 23.2 Å². The zero-order valence-electron chi connectivity index (χ0n) is 13.2. The van der Waals surface area contributed by atoms with Crippen LogP contribution in [0.25, 0.3) is 0 Å². The second-order valence-electron chi connectivity index (χ2n) is 5.52. The Kier molecular flexibility index (Phi) is 8.30. The number of halogens is 4. The molecule has 1 fully saturated rings. The Morgan fingerprint density at radius 3 is 2.76 bits per heavy atom. The van der Waals surface area contributed by atoms with Crippen molar-refractivity contribution in [2.45, 2.75) is 17.2 Å². The van der Waals surface area contributed by atoms with E-state index in [4.69, 9.17) is 26.8 Å². The number of hydrogen-bond acceptors (Lipinski definition) is 5. The Morgan fingerprint density at radius 1 is 1.44 bits per heavy atom. The second kappa shape index (κ2) is 9.29. The van der Waals surface area contributed by atoms with Crippen LogP contribution in [0.5, 0.6) is 5.75 Å². The third kappa shape index (κ3) is 6.50. The van der Waals surface area contributed by atoms with Gasteiger partial charge in [0.15, 0.2) is 0 Å². The van der Waals surface area contributed by atoms with Crippen LogP contribution < -0.4 is 15.2 Å². The van der Waals surface area contributed by atoms with Crippen molar-refractivity contribution in [3.63, 3.8) is 0 Å². The zero-order valence-corrected chi connectivity index (χ0v) is 15.6. The molecule has 1 aromatic carbocycles. The lowest BCUT2D eigenvalue weighted by molar-refractivity contribution is 0.0170. The van der Waals surface area contributed by atoms with E-state index in [0.717, 1.165) is 12.5 Å². The molecule has 0 radical (unpaired) electrons. The molecule has 0 aromatic heterocycles.